The van der Waals surface area contributed by atoms with E-state index in [1.54, 1.807) is 11.3 Å². The Morgan fingerprint density at radius 3 is 2.23 bits per heavy atom. The summed E-state index contributed by atoms with van der Waals surface area (Å²) in [4.78, 5) is 2.06. The fourth-order valence-electron chi connectivity index (χ4n) is 1.03. The Labute approximate surface area is 81.7 Å². The van der Waals surface area contributed by atoms with E-state index in [0.717, 1.165) is 23.2 Å². The summed E-state index contributed by atoms with van der Waals surface area (Å²) < 4.78 is 0. The molecule has 0 aliphatic carbocycles. The van der Waals surface area contributed by atoms with E-state index < -0.39 is 0 Å². The smallest absolute Gasteiger partial charge is 0.208 e. The number of nitrogens with zero attached hydrogens (tertiary/aromatic N) is 3. The summed E-state index contributed by atoms with van der Waals surface area (Å²) in [5, 5.41) is 9.86. The lowest BCUT2D eigenvalue weighted by atomic mass is 10.5. The van der Waals surface area contributed by atoms with Gasteiger partial charge in [-0.1, -0.05) is 11.3 Å². The van der Waals surface area contributed by atoms with E-state index in [1.165, 1.54) is 0 Å². The number of aromatic nitrogens is 2. The third-order valence-electron chi connectivity index (χ3n) is 1.58. The van der Waals surface area contributed by atoms with Crippen molar-refractivity contribution < 1.29 is 0 Å². The second kappa shape index (κ2) is 5.11. The van der Waals surface area contributed by atoms with Gasteiger partial charge in [0, 0.05) is 26.2 Å². The molecule has 0 atom stereocenters. The first-order valence-electron chi connectivity index (χ1n) is 4.23. The molecule has 1 aromatic heterocycles. The lowest BCUT2D eigenvalue weighted by molar-refractivity contribution is 0.771. The van der Waals surface area contributed by atoms with Crippen molar-refractivity contribution in [1.82, 2.24) is 10.2 Å². The maximum absolute atomic E-state index is 5.48. The second-order valence-electron chi connectivity index (χ2n) is 2.67. The van der Waals surface area contributed by atoms with Crippen LogP contribution < -0.4 is 16.4 Å². The monoisotopic (exact) mass is 201 g/mol. The zero-order chi connectivity index (χ0) is 9.68. The minimum absolute atomic E-state index is 0.610. The maximum atomic E-state index is 5.48. The van der Waals surface area contributed by atoms with Crippen molar-refractivity contribution in [3.05, 3.63) is 5.01 Å². The molecule has 0 unspecified atom stereocenters. The van der Waals surface area contributed by atoms with Crippen LogP contribution in [0.5, 0.6) is 0 Å². The van der Waals surface area contributed by atoms with Crippen molar-refractivity contribution in [2.24, 2.45) is 11.5 Å². The minimum atomic E-state index is 0.610. The highest BCUT2D eigenvalue weighted by molar-refractivity contribution is 7.15. The predicted octanol–water partition coefficient (Wildman–Crippen LogP) is -0.430. The molecule has 1 aromatic rings. The van der Waals surface area contributed by atoms with Crippen LogP contribution in [0.4, 0.5) is 5.13 Å². The minimum Gasteiger partial charge on any atom is -0.344 e. The number of hydrogen-bond acceptors (Lipinski definition) is 6. The zero-order valence-electron chi connectivity index (χ0n) is 7.73. The van der Waals surface area contributed by atoms with Crippen molar-refractivity contribution in [1.29, 1.82) is 0 Å². The Morgan fingerprint density at radius 2 is 1.85 bits per heavy atom. The van der Waals surface area contributed by atoms with E-state index in [0.29, 0.717) is 13.1 Å². The average Bonchev–Trinajstić information content (AvgIpc) is 2.51. The summed E-state index contributed by atoms with van der Waals surface area (Å²) in [5.74, 6) is 0. The number of rotatable bonds is 5. The molecule has 6 heteroatoms. The Kier molecular flexibility index (Phi) is 4.07. The summed E-state index contributed by atoms with van der Waals surface area (Å²) >= 11 is 1.57. The van der Waals surface area contributed by atoms with Crippen LogP contribution in [0.2, 0.25) is 0 Å². The molecule has 4 N–H and O–H groups in total. The van der Waals surface area contributed by atoms with Crippen molar-refractivity contribution in [3.8, 4) is 0 Å². The first-order valence-corrected chi connectivity index (χ1v) is 5.04. The number of aryl methyl sites for hydroxylation is 1. The van der Waals surface area contributed by atoms with Crippen LogP contribution in [-0.2, 0) is 0 Å². The molecule has 13 heavy (non-hydrogen) atoms. The van der Waals surface area contributed by atoms with E-state index in [2.05, 4.69) is 15.1 Å². The fraction of sp³-hybridized carbons (Fsp3) is 0.714. The molecule has 0 aromatic carbocycles. The van der Waals surface area contributed by atoms with Crippen LogP contribution in [0, 0.1) is 6.92 Å². The van der Waals surface area contributed by atoms with Gasteiger partial charge in [-0.25, -0.2) is 0 Å². The molecule has 0 spiro atoms. The molecule has 5 nitrogen and oxygen atoms in total. The molecule has 74 valence electrons. The third kappa shape index (κ3) is 2.91. The summed E-state index contributed by atoms with van der Waals surface area (Å²) in [6.07, 6.45) is 0. The van der Waals surface area contributed by atoms with Gasteiger partial charge < -0.3 is 16.4 Å². The molecular formula is C7H15N5S. The van der Waals surface area contributed by atoms with Crippen LogP contribution in [0.1, 0.15) is 5.01 Å². The van der Waals surface area contributed by atoms with Crippen LogP contribution in [0.3, 0.4) is 0 Å². The summed E-state index contributed by atoms with van der Waals surface area (Å²) in [5.41, 5.74) is 11.0. The standard InChI is InChI=1S/C7H15N5S/c1-6-10-11-7(13-6)12(4-2-8)5-3-9/h2-5,8-9H2,1H3. The fourth-order valence-corrected chi connectivity index (χ4v) is 1.77. The molecule has 1 heterocycles. The summed E-state index contributed by atoms with van der Waals surface area (Å²) in [7, 11) is 0. The van der Waals surface area contributed by atoms with E-state index >= 15 is 0 Å². The van der Waals surface area contributed by atoms with Crippen LogP contribution in [0.25, 0.3) is 0 Å². The second-order valence-corrected chi connectivity index (χ2v) is 3.83. The largest absolute Gasteiger partial charge is 0.344 e. The average molecular weight is 201 g/mol. The van der Waals surface area contributed by atoms with Gasteiger partial charge in [0.05, 0.1) is 0 Å². The number of hydrogen-bond donors (Lipinski definition) is 2. The SMILES string of the molecule is Cc1nnc(N(CCN)CCN)s1. The molecule has 0 saturated carbocycles. The molecule has 0 saturated heterocycles. The molecule has 0 fully saturated rings. The molecule has 0 aliphatic rings. The maximum Gasteiger partial charge on any atom is 0.208 e. The molecule has 0 bridgehead atoms. The van der Waals surface area contributed by atoms with Gasteiger partial charge in [0.2, 0.25) is 5.13 Å². The highest BCUT2D eigenvalue weighted by atomic mass is 32.1. The van der Waals surface area contributed by atoms with Crippen molar-refractivity contribution >= 4 is 16.5 Å². The van der Waals surface area contributed by atoms with Gasteiger partial charge in [-0.2, -0.15) is 0 Å². The van der Waals surface area contributed by atoms with E-state index in [-0.39, 0.29) is 0 Å². The Balaban J connectivity index is 2.63. The summed E-state index contributed by atoms with van der Waals surface area (Å²) in [6, 6.07) is 0. The van der Waals surface area contributed by atoms with Gasteiger partial charge >= 0.3 is 0 Å². The third-order valence-corrected chi connectivity index (χ3v) is 2.48. The van der Waals surface area contributed by atoms with Crippen LogP contribution >= 0.6 is 11.3 Å². The molecule has 0 radical (unpaired) electrons. The van der Waals surface area contributed by atoms with Crippen molar-refractivity contribution in [3.63, 3.8) is 0 Å². The normalized spacial score (nSPS) is 10.4. The molecule has 0 amide bonds. The lowest BCUT2D eigenvalue weighted by Gasteiger charge is -2.18. The van der Waals surface area contributed by atoms with Gasteiger partial charge in [-0.05, 0) is 6.92 Å². The van der Waals surface area contributed by atoms with Crippen LogP contribution in [0.15, 0.2) is 0 Å². The van der Waals surface area contributed by atoms with Gasteiger partial charge in [-0.3, -0.25) is 0 Å². The topological polar surface area (TPSA) is 81.1 Å². The van der Waals surface area contributed by atoms with E-state index in [4.69, 9.17) is 11.5 Å². The van der Waals surface area contributed by atoms with Crippen molar-refractivity contribution in [2.45, 2.75) is 6.92 Å². The van der Waals surface area contributed by atoms with Gasteiger partial charge in [-0.15, -0.1) is 10.2 Å². The van der Waals surface area contributed by atoms with Gasteiger partial charge in [0.15, 0.2) is 0 Å². The van der Waals surface area contributed by atoms with E-state index in [9.17, 15) is 0 Å². The first-order chi connectivity index (χ1) is 6.27. The first kappa shape index (κ1) is 10.4. The highest BCUT2D eigenvalue weighted by Gasteiger charge is 2.08. The zero-order valence-corrected chi connectivity index (χ0v) is 8.55. The number of nitrogens with two attached hydrogens (primary N) is 2. The quantitative estimate of drug-likeness (QED) is 0.675. The Morgan fingerprint density at radius 1 is 1.23 bits per heavy atom. The van der Waals surface area contributed by atoms with Crippen LogP contribution in [-0.4, -0.2) is 36.4 Å². The highest BCUT2D eigenvalue weighted by Crippen LogP contribution is 2.18. The van der Waals surface area contributed by atoms with Crippen molar-refractivity contribution in [2.75, 3.05) is 31.1 Å². The predicted molar refractivity (Wildman–Crippen MR) is 55.0 cm³/mol. The van der Waals surface area contributed by atoms with E-state index in [1.807, 2.05) is 6.92 Å². The molecule has 0 aliphatic heterocycles. The Hall–Kier alpha value is -0.720. The Bertz CT molecular complexity index is 243. The molecule has 1 rings (SSSR count). The number of anilines is 1. The lowest BCUT2D eigenvalue weighted by Crippen LogP contribution is -2.33. The summed E-state index contributed by atoms with van der Waals surface area (Å²) in [6.45, 7) is 4.72. The van der Waals surface area contributed by atoms with Gasteiger partial charge in [0.25, 0.3) is 0 Å². The van der Waals surface area contributed by atoms with Gasteiger partial charge in [0.1, 0.15) is 5.01 Å². The molecular weight excluding hydrogens is 186 g/mol.